The van der Waals surface area contributed by atoms with Crippen LogP contribution in [0.15, 0.2) is 58.5 Å². The van der Waals surface area contributed by atoms with Crippen LogP contribution in [0.2, 0.25) is 5.02 Å². The Kier molecular flexibility index (Phi) is 7.33. The molecule has 0 radical (unpaired) electrons. The number of likely N-dealkylation sites (tertiary alicyclic amines) is 1. The molecule has 1 aliphatic carbocycles. The highest BCUT2D eigenvalue weighted by molar-refractivity contribution is 6.30. The van der Waals surface area contributed by atoms with E-state index >= 15 is 0 Å². The number of hydrogen-bond donors (Lipinski definition) is 1. The van der Waals surface area contributed by atoms with E-state index in [2.05, 4.69) is 46.6 Å². The van der Waals surface area contributed by atoms with E-state index in [9.17, 15) is 0 Å². The van der Waals surface area contributed by atoms with Gasteiger partial charge < -0.3 is 15.0 Å². The zero-order valence-electron chi connectivity index (χ0n) is 20.1. The Morgan fingerprint density at radius 1 is 1.09 bits per heavy atom. The second-order valence-corrected chi connectivity index (χ2v) is 10.2. The molecule has 1 N–H and O–H groups in total. The average molecular weight is 479 g/mol. The van der Waals surface area contributed by atoms with Gasteiger partial charge in [-0.15, -0.1) is 0 Å². The van der Waals surface area contributed by atoms with Crippen molar-refractivity contribution in [2.75, 3.05) is 46.4 Å². The summed E-state index contributed by atoms with van der Waals surface area (Å²) in [6, 6.07) is 16.7. The Labute approximate surface area is 208 Å². The molecule has 0 spiro atoms. The molecule has 0 unspecified atom stereocenters. The van der Waals surface area contributed by atoms with Gasteiger partial charge in [0, 0.05) is 24.7 Å². The minimum absolute atomic E-state index is 0.00187. The Morgan fingerprint density at radius 3 is 2.56 bits per heavy atom. The van der Waals surface area contributed by atoms with Crippen LogP contribution in [0.3, 0.4) is 0 Å². The number of rotatable bonds is 9. The summed E-state index contributed by atoms with van der Waals surface area (Å²) in [6.45, 7) is 5.89. The summed E-state index contributed by atoms with van der Waals surface area (Å²) in [7, 11) is 1.77. The standard InChI is InChI=1S/C28H35ClN4O/c1-34-26-6-3-2-5-25(26)21-11-16-33(17-12-21)18-15-30-19-24-20-31-27(32-24)28(13-4-14-28)22-7-9-23(29)10-8-22/h2-3,5-10,21,30H,4,11-20H2,1H3. The van der Waals surface area contributed by atoms with Gasteiger partial charge in [0.25, 0.3) is 0 Å². The summed E-state index contributed by atoms with van der Waals surface area (Å²) < 4.78 is 5.57. The van der Waals surface area contributed by atoms with Crippen molar-refractivity contribution in [3.05, 3.63) is 64.7 Å². The second-order valence-electron chi connectivity index (χ2n) is 9.80. The van der Waals surface area contributed by atoms with Gasteiger partial charge in [-0.2, -0.15) is 0 Å². The van der Waals surface area contributed by atoms with E-state index in [-0.39, 0.29) is 5.41 Å². The number of hydrogen-bond acceptors (Lipinski definition) is 5. The molecule has 0 atom stereocenters. The summed E-state index contributed by atoms with van der Waals surface area (Å²) in [5.41, 5.74) is 3.82. The number of nitrogens with zero attached hydrogens (tertiary/aromatic N) is 3. The van der Waals surface area contributed by atoms with E-state index in [1.165, 1.54) is 30.4 Å². The zero-order chi connectivity index (χ0) is 23.4. The summed E-state index contributed by atoms with van der Waals surface area (Å²) in [5, 5.41) is 4.39. The number of amidine groups is 1. The fourth-order valence-electron chi connectivity index (χ4n) is 5.62. The van der Waals surface area contributed by atoms with Crippen molar-refractivity contribution in [3.63, 3.8) is 0 Å². The molecule has 2 aliphatic heterocycles. The molecule has 1 saturated heterocycles. The lowest BCUT2D eigenvalue weighted by molar-refractivity contribution is 0.212. The third-order valence-electron chi connectivity index (χ3n) is 7.81. The molecule has 0 amide bonds. The van der Waals surface area contributed by atoms with Crippen molar-refractivity contribution in [3.8, 4) is 5.75 Å². The first-order chi connectivity index (χ1) is 16.7. The maximum absolute atomic E-state index is 6.11. The maximum Gasteiger partial charge on any atom is 0.134 e. The van der Waals surface area contributed by atoms with Crippen LogP contribution in [0.1, 0.15) is 49.1 Å². The van der Waals surface area contributed by atoms with Gasteiger partial charge in [0.05, 0.1) is 24.8 Å². The highest BCUT2D eigenvalue weighted by Gasteiger charge is 2.44. The van der Waals surface area contributed by atoms with Crippen molar-refractivity contribution in [1.29, 1.82) is 0 Å². The van der Waals surface area contributed by atoms with Crippen LogP contribution in [-0.2, 0) is 5.41 Å². The molecule has 2 aromatic rings. The van der Waals surface area contributed by atoms with Gasteiger partial charge in [0.1, 0.15) is 11.6 Å². The maximum atomic E-state index is 6.11. The van der Waals surface area contributed by atoms with Crippen LogP contribution in [0.4, 0.5) is 0 Å². The van der Waals surface area contributed by atoms with Crippen molar-refractivity contribution < 1.29 is 4.74 Å². The van der Waals surface area contributed by atoms with Crippen molar-refractivity contribution in [2.24, 2.45) is 9.98 Å². The number of nitrogens with one attached hydrogen (secondary N) is 1. The lowest BCUT2D eigenvalue weighted by Gasteiger charge is -2.41. The molecule has 0 aromatic heterocycles. The van der Waals surface area contributed by atoms with E-state index in [0.29, 0.717) is 5.92 Å². The summed E-state index contributed by atoms with van der Waals surface area (Å²) >= 11 is 6.11. The molecule has 0 bridgehead atoms. The van der Waals surface area contributed by atoms with E-state index in [1.54, 1.807) is 7.11 Å². The molecule has 2 aromatic carbocycles. The molecule has 1 saturated carbocycles. The van der Waals surface area contributed by atoms with Gasteiger partial charge in [-0.1, -0.05) is 48.4 Å². The molecule has 6 heteroatoms. The number of halogens is 1. The first-order valence-electron chi connectivity index (χ1n) is 12.6. The monoisotopic (exact) mass is 478 g/mol. The number of ether oxygens (including phenoxy) is 1. The topological polar surface area (TPSA) is 49.2 Å². The van der Waals surface area contributed by atoms with Gasteiger partial charge in [-0.3, -0.25) is 4.99 Å². The minimum atomic E-state index is -0.00187. The van der Waals surface area contributed by atoms with Gasteiger partial charge in [-0.05, 0) is 74.0 Å². The van der Waals surface area contributed by atoms with Crippen molar-refractivity contribution in [1.82, 2.24) is 10.2 Å². The molecule has 5 rings (SSSR count). The zero-order valence-corrected chi connectivity index (χ0v) is 20.9. The van der Waals surface area contributed by atoms with Crippen LogP contribution >= 0.6 is 11.6 Å². The Hall–Kier alpha value is -2.21. The molecule has 180 valence electrons. The first kappa shape index (κ1) is 23.5. The molecule has 2 fully saturated rings. The average Bonchev–Trinajstić information content (AvgIpc) is 3.31. The third kappa shape index (κ3) is 4.93. The normalized spacial score (nSPS) is 20.5. The predicted octanol–water partition coefficient (Wildman–Crippen LogP) is 5.09. The first-order valence-corrected chi connectivity index (χ1v) is 13.0. The fraction of sp³-hybridized carbons (Fsp3) is 0.500. The van der Waals surface area contributed by atoms with Crippen LogP contribution in [0, 0.1) is 0 Å². The van der Waals surface area contributed by atoms with E-state index < -0.39 is 0 Å². The largest absolute Gasteiger partial charge is 0.496 e. The molecular formula is C28H35ClN4O. The number of aliphatic imine (C=N–C) groups is 2. The number of methoxy groups -OCH3 is 1. The lowest BCUT2D eigenvalue weighted by atomic mass is 9.63. The highest BCUT2D eigenvalue weighted by atomic mass is 35.5. The van der Waals surface area contributed by atoms with E-state index in [1.807, 2.05) is 12.1 Å². The molecule has 34 heavy (non-hydrogen) atoms. The summed E-state index contributed by atoms with van der Waals surface area (Å²) in [5.74, 6) is 2.65. The quantitative estimate of drug-likeness (QED) is 0.510. The summed E-state index contributed by atoms with van der Waals surface area (Å²) in [4.78, 5) is 12.4. The lowest BCUT2D eigenvalue weighted by Crippen LogP contribution is -2.41. The number of benzene rings is 2. The van der Waals surface area contributed by atoms with Gasteiger partial charge in [0.15, 0.2) is 0 Å². The Morgan fingerprint density at radius 2 is 1.85 bits per heavy atom. The molecule has 3 aliphatic rings. The second kappa shape index (κ2) is 10.6. The van der Waals surface area contributed by atoms with Gasteiger partial charge >= 0.3 is 0 Å². The third-order valence-corrected chi connectivity index (χ3v) is 8.06. The van der Waals surface area contributed by atoms with Crippen LogP contribution in [0.25, 0.3) is 0 Å². The number of piperidine rings is 1. The highest BCUT2D eigenvalue weighted by Crippen LogP contribution is 2.46. The van der Waals surface area contributed by atoms with Crippen molar-refractivity contribution in [2.45, 2.75) is 43.4 Å². The van der Waals surface area contributed by atoms with Crippen LogP contribution < -0.4 is 10.1 Å². The van der Waals surface area contributed by atoms with Crippen LogP contribution in [0.5, 0.6) is 5.75 Å². The van der Waals surface area contributed by atoms with E-state index in [4.69, 9.17) is 26.3 Å². The minimum Gasteiger partial charge on any atom is -0.496 e. The van der Waals surface area contributed by atoms with Gasteiger partial charge in [-0.25, -0.2) is 4.99 Å². The number of para-hydroxylation sites is 1. The summed E-state index contributed by atoms with van der Waals surface area (Å²) in [6.07, 6.45) is 5.87. The smallest absolute Gasteiger partial charge is 0.134 e. The predicted molar refractivity (Wildman–Crippen MR) is 141 cm³/mol. The van der Waals surface area contributed by atoms with E-state index in [0.717, 1.165) is 74.4 Å². The van der Waals surface area contributed by atoms with Crippen molar-refractivity contribution >= 4 is 23.1 Å². The van der Waals surface area contributed by atoms with Gasteiger partial charge in [0.2, 0.25) is 0 Å². The SMILES string of the molecule is COc1ccccc1C1CCN(CCNCC2=NC(C3(c4ccc(Cl)cc4)CCC3)=NC2)CC1. The molecule has 5 nitrogen and oxygen atoms in total. The Bertz CT molecular complexity index is 1040. The fourth-order valence-corrected chi connectivity index (χ4v) is 5.75. The van der Waals surface area contributed by atoms with Crippen LogP contribution in [-0.4, -0.2) is 62.8 Å². The Balaban J connectivity index is 1.06. The molecule has 2 heterocycles. The molecular weight excluding hydrogens is 444 g/mol.